The highest BCUT2D eigenvalue weighted by molar-refractivity contribution is 6.30. The van der Waals surface area contributed by atoms with Crippen LogP contribution in [0.3, 0.4) is 0 Å². The van der Waals surface area contributed by atoms with Gasteiger partial charge in [-0.3, -0.25) is 10.1 Å². The van der Waals surface area contributed by atoms with Crippen molar-refractivity contribution in [1.82, 2.24) is 0 Å². The molecule has 1 fully saturated rings. The molecule has 0 N–H and O–H groups in total. The Bertz CT molecular complexity index is 485. The summed E-state index contributed by atoms with van der Waals surface area (Å²) in [7, 11) is 0. The molecule has 1 aromatic carbocycles. The lowest BCUT2D eigenvalue weighted by molar-refractivity contribution is -0.386. The number of nitrogens with zero attached hydrogens (tertiary/aromatic N) is 1. The Morgan fingerprint density at radius 3 is 2.63 bits per heavy atom. The second-order valence-electron chi connectivity index (χ2n) is 4.65. The molecule has 1 aliphatic rings. The maximum absolute atomic E-state index is 11.0. The van der Waals surface area contributed by atoms with Gasteiger partial charge in [0.1, 0.15) is 0 Å². The van der Waals surface area contributed by atoms with Gasteiger partial charge in [0, 0.05) is 11.1 Å². The second-order valence-corrected chi connectivity index (χ2v) is 5.08. The van der Waals surface area contributed by atoms with Crippen LogP contribution in [-0.2, 0) is 9.47 Å². The highest BCUT2D eigenvalue weighted by atomic mass is 35.5. The van der Waals surface area contributed by atoms with Gasteiger partial charge in [0.05, 0.1) is 18.1 Å². The van der Waals surface area contributed by atoms with Crippen molar-refractivity contribution in [2.45, 2.75) is 25.7 Å². The van der Waals surface area contributed by atoms with Crippen molar-refractivity contribution in [2.24, 2.45) is 0 Å². The van der Waals surface area contributed by atoms with Crippen LogP contribution >= 0.6 is 11.6 Å². The number of ether oxygens (including phenoxy) is 3. The Morgan fingerprint density at radius 1 is 1.42 bits per heavy atom. The molecule has 2 rings (SSSR count). The van der Waals surface area contributed by atoms with Gasteiger partial charge in [-0.25, -0.2) is 0 Å². The van der Waals surface area contributed by atoms with Crippen molar-refractivity contribution in [1.29, 1.82) is 0 Å². The number of benzene rings is 1. The fourth-order valence-electron chi connectivity index (χ4n) is 1.81. The van der Waals surface area contributed by atoms with Crippen molar-refractivity contribution >= 4 is 17.3 Å². The largest absolute Gasteiger partial charge is 0.475 e. The maximum Gasteiger partial charge on any atom is 0.312 e. The van der Waals surface area contributed by atoms with Crippen LogP contribution in [0.5, 0.6) is 5.75 Å². The normalized spacial score (nSPS) is 16.6. The molecule has 0 saturated carbocycles. The first-order valence-corrected chi connectivity index (χ1v) is 6.14. The van der Waals surface area contributed by atoms with Gasteiger partial charge < -0.3 is 14.2 Å². The van der Waals surface area contributed by atoms with Gasteiger partial charge >= 0.3 is 5.69 Å². The fraction of sp³-hybridized carbons (Fsp3) is 0.500. The Labute approximate surface area is 115 Å². The summed E-state index contributed by atoms with van der Waals surface area (Å²) >= 11 is 5.75. The van der Waals surface area contributed by atoms with E-state index in [0.717, 1.165) is 0 Å². The molecular weight excluding hydrogens is 274 g/mol. The second kappa shape index (κ2) is 5.32. The van der Waals surface area contributed by atoms with E-state index in [-0.39, 0.29) is 16.5 Å². The molecule has 6 nitrogen and oxygen atoms in total. The molecule has 1 saturated heterocycles. The zero-order valence-electron chi connectivity index (χ0n) is 10.6. The Morgan fingerprint density at radius 2 is 2.05 bits per heavy atom. The lowest BCUT2D eigenvalue weighted by atomic mass is 10.1. The molecule has 0 spiro atoms. The molecule has 0 radical (unpaired) electrons. The molecule has 0 unspecified atom stereocenters. The first kappa shape index (κ1) is 14.0. The number of nitro groups is 1. The van der Waals surface area contributed by atoms with Gasteiger partial charge in [0.15, 0.2) is 17.6 Å². The SMILES string of the molecule is CC(C)(Oc1ccc(Cl)cc1[N+](=O)[O-])C1OCCO1. The molecule has 0 aromatic heterocycles. The standard InChI is InChI=1S/C12H14ClNO5/c1-12(2,11-17-5-6-18-11)19-10-4-3-8(13)7-9(10)14(15)16/h3-4,7,11H,5-6H2,1-2H3. The van der Waals surface area contributed by atoms with Crippen LogP contribution in [0.25, 0.3) is 0 Å². The highest BCUT2D eigenvalue weighted by Crippen LogP contribution is 2.34. The van der Waals surface area contributed by atoms with E-state index in [2.05, 4.69) is 0 Å². The highest BCUT2D eigenvalue weighted by Gasteiger charge is 2.37. The Kier molecular flexibility index (Phi) is 3.93. The van der Waals surface area contributed by atoms with Gasteiger partial charge in [0.2, 0.25) is 0 Å². The van der Waals surface area contributed by atoms with Gasteiger partial charge in [-0.15, -0.1) is 0 Å². The summed E-state index contributed by atoms with van der Waals surface area (Å²) < 4.78 is 16.4. The van der Waals surface area contributed by atoms with Crippen LogP contribution in [0.2, 0.25) is 5.02 Å². The molecule has 1 aliphatic heterocycles. The average Bonchev–Trinajstić information content (AvgIpc) is 2.85. The number of hydrogen-bond donors (Lipinski definition) is 0. The van der Waals surface area contributed by atoms with Crippen LogP contribution in [0.4, 0.5) is 5.69 Å². The Balaban J connectivity index is 2.24. The van der Waals surface area contributed by atoms with E-state index in [1.165, 1.54) is 18.2 Å². The van der Waals surface area contributed by atoms with Gasteiger partial charge in [0.25, 0.3) is 0 Å². The van der Waals surface area contributed by atoms with E-state index < -0.39 is 16.8 Å². The molecule has 7 heteroatoms. The predicted molar refractivity (Wildman–Crippen MR) is 68.5 cm³/mol. The minimum Gasteiger partial charge on any atom is -0.475 e. The van der Waals surface area contributed by atoms with E-state index in [1.807, 2.05) is 0 Å². The molecule has 0 amide bonds. The first-order chi connectivity index (χ1) is 8.90. The summed E-state index contributed by atoms with van der Waals surface area (Å²) in [5.74, 6) is 0.138. The monoisotopic (exact) mass is 287 g/mol. The molecular formula is C12H14ClNO5. The molecule has 0 atom stereocenters. The van der Waals surface area contributed by atoms with Gasteiger partial charge in [-0.05, 0) is 26.0 Å². The van der Waals surface area contributed by atoms with E-state index in [4.69, 9.17) is 25.8 Å². The van der Waals surface area contributed by atoms with Crippen molar-refractivity contribution in [3.05, 3.63) is 33.3 Å². The molecule has 0 aliphatic carbocycles. The van der Waals surface area contributed by atoms with E-state index >= 15 is 0 Å². The first-order valence-electron chi connectivity index (χ1n) is 5.76. The smallest absolute Gasteiger partial charge is 0.312 e. The van der Waals surface area contributed by atoms with Crippen LogP contribution in [0.1, 0.15) is 13.8 Å². The summed E-state index contributed by atoms with van der Waals surface area (Å²) in [5.41, 5.74) is -1.02. The van der Waals surface area contributed by atoms with E-state index in [9.17, 15) is 10.1 Å². The zero-order valence-corrected chi connectivity index (χ0v) is 11.3. The third kappa shape index (κ3) is 3.15. The predicted octanol–water partition coefficient (Wildman–Crippen LogP) is 2.78. The topological polar surface area (TPSA) is 70.8 Å². The number of nitro benzene ring substituents is 1. The van der Waals surface area contributed by atoms with Crippen LogP contribution in [0, 0.1) is 10.1 Å². The number of rotatable bonds is 4. The lowest BCUT2D eigenvalue weighted by Gasteiger charge is -2.30. The summed E-state index contributed by atoms with van der Waals surface area (Å²) in [6.45, 7) is 4.48. The minimum absolute atomic E-state index is 0.138. The third-order valence-corrected chi connectivity index (χ3v) is 2.92. The van der Waals surface area contributed by atoms with Crippen molar-refractivity contribution < 1.29 is 19.1 Å². The summed E-state index contributed by atoms with van der Waals surface area (Å²) in [5, 5.41) is 11.3. The van der Waals surface area contributed by atoms with Crippen LogP contribution in [-0.4, -0.2) is 30.0 Å². The van der Waals surface area contributed by atoms with E-state index in [0.29, 0.717) is 13.2 Å². The minimum atomic E-state index is -0.838. The van der Waals surface area contributed by atoms with Crippen LogP contribution < -0.4 is 4.74 Å². The Hall–Kier alpha value is -1.37. The fourth-order valence-corrected chi connectivity index (χ4v) is 1.98. The third-order valence-electron chi connectivity index (χ3n) is 2.68. The maximum atomic E-state index is 11.0. The molecule has 1 heterocycles. The summed E-state index contributed by atoms with van der Waals surface area (Å²) in [6.07, 6.45) is -0.553. The quantitative estimate of drug-likeness (QED) is 0.629. The van der Waals surface area contributed by atoms with Gasteiger partial charge in [-0.2, -0.15) is 0 Å². The zero-order chi connectivity index (χ0) is 14.0. The molecule has 104 valence electrons. The van der Waals surface area contributed by atoms with E-state index in [1.54, 1.807) is 13.8 Å². The summed E-state index contributed by atoms with van der Waals surface area (Å²) in [6, 6.07) is 4.26. The summed E-state index contributed by atoms with van der Waals surface area (Å²) in [4.78, 5) is 10.5. The van der Waals surface area contributed by atoms with Crippen molar-refractivity contribution in [3.8, 4) is 5.75 Å². The average molecular weight is 288 g/mol. The van der Waals surface area contributed by atoms with Crippen LogP contribution in [0.15, 0.2) is 18.2 Å². The molecule has 19 heavy (non-hydrogen) atoms. The van der Waals surface area contributed by atoms with Crippen molar-refractivity contribution in [2.75, 3.05) is 13.2 Å². The van der Waals surface area contributed by atoms with Gasteiger partial charge in [-0.1, -0.05) is 11.6 Å². The number of hydrogen-bond acceptors (Lipinski definition) is 5. The lowest BCUT2D eigenvalue weighted by Crippen LogP contribution is -2.42. The van der Waals surface area contributed by atoms with Crippen molar-refractivity contribution in [3.63, 3.8) is 0 Å². The molecule has 0 bridgehead atoms. The molecule has 1 aromatic rings. The number of halogens is 1.